The Bertz CT molecular complexity index is 405. The van der Waals surface area contributed by atoms with Gasteiger partial charge in [0.25, 0.3) is 0 Å². The van der Waals surface area contributed by atoms with Gasteiger partial charge in [-0.05, 0) is 45.2 Å². The van der Waals surface area contributed by atoms with E-state index in [-0.39, 0.29) is 0 Å². The van der Waals surface area contributed by atoms with Crippen LogP contribution in [0.2, 0.25) is 4.34 Å². The molecule has 3 rings (SSSR count). The van der Waals surface area contributed by atoms with Gasteiger partial charge < -0.3 is 5.32 Å². The van der Waals surface area contributed by atoms with E-state index in [2.05, 4.69) is 22.2 Å². The van der Waals surface area contributed by atoms with Crippen molar-refractivity contribution in [1.82, 2.24) is 15.2 Å². The summed E-state index contributed by atoms with van der Waals surface area (Å²) in [4.78, 5) is 6.94. The number of aromatic nitrogens is 1. The van der Waals surface area contributed by atoms with E-state index in [4.69, 9.17) is 11.6 Å². The smallest absolute Gasteiger partial charge is 0.113 e. The van der Waals surface area contributed by atoms with E-state index in [1.807, 2.05) is 0 Å². The van der Waals surface area contributed by atoms with Crippen LogP contribution in [0.4, 0.5) is 0 Å². The Kier molecular flexibility index (Phi) is 3.89. The normalized spacial score (nSPS) is 29.7. The standard InChI is InChI=1S/C13H20ClN3S/c1-17-6-2-3-9(7-15-10-4-5-10)12(17)13-16-8-11(14)18-13/h8-10,12,15H,2-7H2,1H3. The van der Waals surface area contributed by atoms with Gasteiger partial charge in [-0.25, -0.2) is 4.98 Å². The fourth-order valence-corrected chi connectivity index (χ4v) is 4.06. The summed E-state index contributed by atoms with van der Waals surface area (Å²) in [5.41, 5.74) is 0. The number of piperidine rings is 1. The molecule has 18 heavy (non-hydrogen) atoms. The van der Waals surface area contributed by atoms with Crippen molar-refractivity contribution >= 4 is 22.9 Å². The summed E-state index contributed by atoms with van der Waals surface area (Å²) in [5, 5.41) is 4.86. The molecule has 1 saturated carbocycles. The van der Waals surface area contributed by atoms with Crippen LogP contribution in [0.1, 0.15) is 36.7 Å². The Morgan fingerprint density at radius 1 is 1.50 bits per heavy atom. The molecule has 0 spiro atoms. The summed E-state index contributed by atoms with van der Waals surface area (Å²) >= 11 is 7.67. The predicted octanol–water partition coefficient (Wildman–Crippen LogP) is 2.93. The minimum absolute atomic E-state index is 0.447. The SMILES string of the molecule is CN1CCCC(CNC2CC2)C1c1ncc(Cl)s1. The number of thiazole rings is 1. The summed E-state index contributed by atoms with van der Waals surface area (Å²) in [5.74, 6) is 0.673. The van der Waals surface area contributed by atoms with Crippen LogP contribution in [0.15, 0.2) is 6.20 Å². The average Bonchev–Trinajstić information content (AvgIpc) is 3.09. The number of nitrogens with zero attached hydrogens (tertiary/aromatic N) is 2. The van der Waals surface area contributed by atoms with Crippen LogP contribution in [0, 0.1) is 5.92 Å². The summed E-state index contributed by atoms with van der Waals surface area (Å²) < 4.78 is 0.804. The molecule has 1 aliphatic carbocycles. The van der Waals surface area contributed by atoms with Gasteiger partial charge >= 0.3 is 0 Å². The molecule has 0 amide bonds. The topological polar surface area (TPSA) is 28.2 Å². The lowest BCUT2D eigenvalue weighted by Gasteiger charge is -2.38. The zero-order valence-corrected chi connectivity index (χ0v) is 12.3. The molecule has 2 unspecified atom stereocenters. The van der Waals surface area contributed by atoms with Gasteiger partial charge in [-0.1, -0.05) is 11.6 Å². The quantitative estimate of drug-likeness (QED) is 0.922. The Balaban J connectivity index is 1.71. The highest BCUT2D eigenvalue weighted by molar-refractivity contribution is 7.15. The molecule has 0 bridgehead atoms. The van der Waals surface area contributed by atoms with Gasteiger partial charge in [0.1, 0.15) is 9.34 Å². The number of hydrogen-bond donors (Lipinski definition) is 1. The molecule has 1 aliphatic heterocycles. The van der Waals surface area contributed by atoms with Crippen LogP contribution in [0.5, 0.6) is 0 Å². The van der Waals surface area contributed by atoms with Crippen LogP contribution >= 0.6 is 22.9 Å². The Morgan fingerprint density at radius 2 is 2.33 bits per heavy atom. The first-order chi connectivity index (χ1) is 8.74. The van der Waals surface area contributed by atoms with Gasteiger partial charge in [-0.15, -0.1) is 11.3 Å². The largest absolute Gasteiger partial charge is 0.314 e. The first kappa shape index (κ1) is 12.9. The highest BCUT2D eigenvalue weighted by Crippen LogP contribution is 2.38. The molecular weight excluding hydrogens is 266 g/mol. The maximum absolute atomic E-state index is 6.03. The summed E-state index contributed by atoms with van der Waals surface area (Å²) in [7, 11) is 2.21. The zero-order chi connectivity index (χ0) is 12.5. The van der Waals surface area contributed by atoms with Gasteiger partial charge in [-0.2, -0.15) is 0 Å². The fourth-order valence-electron chi connectivity index (χ4n) is 2.87. The van der Waals surface area contributed by atoms with Gasteiger partial charge in [0.05, 0.1) is 12.2 Å². The van der Waals surface area contributed by atoms with Crippen molar-refractivity contribution in [1.29, 1.82) is 0 Å². The molecule has 100 valence electrons. The van der Waals surface area contributed by atoms with Crippen LogP contribution in [-0.4, -0.2) is 36.1 Å². The van der Waals surface area contributed by atoms with E-state index in [9.17, 15) is 0 Å². The number of likely N-dealkylation sites (tertiary alicyclic amines) is 1. The predicted molar refractivity (Wildman–Crippen MR) is 76.2 cm³/mol. The van der Waals surface area contributed by atoms with Crippen LogP contribution in [-0.2, 0) is 0 Å². The lowest BCUT2D eigenvalue weighted by atomic mass is 9.89. The lowest BCUT2D eigenvalue weighted by molar-refractivity contribution is 0.119. The number of halogens is 1. The van der Waals surface area contributed by atoms with Crippen molar-refractivity contribution in [3.8, 4) is 0 Å². The second kappa shape index (κ2) is 5.45. The Morgan fingerprint density at radius 3 is 3.00 bits per heavy atom. The van der Waals surface area contributed by atoms with E-state index < -0.39 is 0 Å². The lowest BCUT2D eigenvalue weighted by Crippen LogP contribution is -2.40. The van der Waals surface area contributed by atoms with Crippen molar-refractivity contribution in [2.24, 2.45) is 5.92 Å². The Labute approximate surface area is 118 Å². The summed E-state index contributed by atoms with van der Waals surface area (Å²) in [6, 6.07) is 1.24. The van der Waals surface area contributed by atoms with E-state index in [0.29, 0.717) is 12.0 Å². The summed E-state index contributed by atoms with van der Waals surface area (Å²) in [6.45, 7) is 2.29. The van der Waals surface area contributed by atoms with Crippen LogP contribution in [0.25, 0.3) is 0 Å². The first-order valence-corrected chi connectivity index (χ1v) is 7.98. The molecule has 1 aromatic rings. The number of nitrogens with one attached hydrogen (secondary N) is 1. The number of hydrogen-bond acceptors (Lipinski definition) is 4. The fraction of sp³-hybridized carbons (Fsp3) is 0.769. The zero-order valence-electron chi connectivity index (χ0n) is 10.7. The van der Waals surface area contributed by atoms with Gasteiger partial charge in [-0.3, -0.25) is 4.90 Å². The molecule has 3 nitrogen and oxygen atoms in total. The minimum Gasteiger partial charge on any atom is -0.314 e. The molecule has 1 saturated heterocycles. The highest BCUT2D eigenvalue weighted by atomic mass is 35.5. The molecule has 2 aliphatic rings. The van der Waals surface area contributed by atoms with E-state index >= 15 is 0 Å². The average molecular weight is 286 g/mol. The molecule has 2 heterocycles. The maximum atomic E-state index is 6.03. The second-order valence-corrected chi connectivity index (χ2v) is 7.21. The molecule has 5 heteroatoms. The monoisotopic (exact) mass is 285 g/mol. The first-order valence-electron chi connectivity index (χ1n) is 6.79. The number of rotatable bonds is 4. The van der Waals surface area contributed by atoms with E-state index in [0.717, 1.165) is 16.9 Å². The van der Waals surface area contributed by atoms with Crippen molar-refractivity contribution < 1.29 is 0 Å². The molecular formula is C13H20ClN3S. The van der Waals surface area contributed by atoms with Crippen molar-refractivity contribution in [3.63, 3.8) is 0 Å². The third-order valence-electron chi connectivity index (χ3n) is 4.00. The van der Waals surface area contributed by atoms with E-state index in [1.165, 1.54) is 37.2 Å². The van der Waals surface area contributed by atoms with Crippen LogP contribution in [0.3, 0.4) is 0 Å². The van der Waals surface area contributed by atoms with E-state index in [1.54, 1.807) is 17.5 Å². The molecule has 2 fully saturated rings. The molecule has 0 aromatic carbocycles. The van der Waals surface area contributed by atoms with Crippen molar-refractivity contribution in [2.45, 2.75) is 37.8 Å². The summed E-state index contributed by atoms with van der Waals surface area (Å²) in [6.07, 6.45) is 7.09. The third kappa shape index (κ3) is 2.87. The molecule has 1 N–H and O–H groups in total. The molecule has 1 aromatic heterocycles. The third-order valence-corrected chi connectivity index (χ3v) is 5.19. The van der Waals surface area contributed by atoms with Crippen LogP contribution < -0.4 is 5.32 Å². The Hall–Kier alpha value is -0.160. The van der Waals surface area contributed by atoms with Gasteiger partial charge in [0.2, 0.25) is 0 Å². The van der Waals surface area contributed by atoms with Gasteiger partial charge in [0, 0.05) is 12.6 Å². The highest BCUT2D eigenvalue weighted by Gasteiger charge is 2.33. The van der Waals surface area contributed by atoms with Gasteiger partial charge in [0.15, 0.2) is 0 Å². The maximum Gasteiger partial charge on any atom is 0.113 e. The van der Waals surface area contributed by atoms with Crippen molar-refractivity contribution in [3.05, 3.63) is 15.5 Å². The minimum atomic E-state index is 0.447. The molecule has 0 radical (unpaired) electrons. The molecule has 2 atom stereocenters. The second-order valence-electron chi connectivity index (χ2n) is 5.51. The van der Waals surface area contributed by atoms with Crippen molar-refractivity contribution in [2.75, 3.05) is 20.1 Å².